The molecule has 0 aromatic heterocycles. The molecule has 0 amide bonds. The second kappa shape index (κ2) is 8.80. The number of carbonyl (C=O) groups is 1. The lowest BCUT2D eigenvalue weighted by Crippen LogP contribution is -2.07. The lowest BCUT2D eigenvalue weighted by molar-refractivity contribution is 0.0472. The molecule has 0 spiro atoms. The summed E-state index contributed by atoms with van der Waals surface area (Å²) in [6.07, 6.45) is 0. The molecule has 0 radical (unpaired) electrons. The predicted molar refractivity (Wildman–Crippen MR) is 107 cm³/mol. The Hall–Kier alpha value is -2.69. The van der Waals surface area contributed by atoms with Crippen molar-refractivity contribution >= 4 is 34.9 Å². The molecule has 0 aliphatic carbocycles. The SMILES string of the molecule is Nc1ccc(C(=O)OCc2ccccc2)cc1OCc1ccc(Cl)c(Cl)c1. The molecule has 0 atom stereocenters. The first-order valence-corrected chi connectivity index (χ1v) is 8.96. The van der Waals surface area contributed by atoms with Gasteiger partial charge in [0.25, 0.3) is 0 Å². The second-order valence-corrected chi connectivity index (χ2v) is 6.67. The Morgan fingerprint density at radius 2 is 1.63 bits per heavy atom. The zero-order chi connectivity index (χ0) is 19.2. The first-order chi connectivity index (χ1) is 13.0. The van der Waals surface area contributed by atoms with Crippen LogP contribution in [-0.4, -0.2) is 5.97 Å². The van der Waals surface area contributed by atoms with E-state index in [1.165, 1.54) is 0 Å². The van der Waals surface area contributed by atoms with Gasteiger partial charge in [0.2, 0.25) is 0 Å². The predicted octanol–water partition coefficient (Wildman–Crippen LogP) is 5.51. The summed E-state index contributed by atoms with van der Waals surface area (Å²) in [5, 5.41) is 0.923. The molecular weight excluding hydrogens is 385 g/mol. The van der Waals surface area contributed by atoms with Crippen LogP contribution in [0.15, 0.2) is 66.7 Å². The average molecular weight is 402 g/mol. The fraction of sp³-hybridized carbons (Fsp3) is 0.0952. The summed E-state index contributed by atoms with van der Waals surface area (Å²) in [5.41, 5.74) is 8.49. The molecule has 0 heterocycles. The molecule has 0 aliphatic rings. The van der Waals surface area contributed by atoms with Crippen molar-refractivity contribution in [1.29, 1.82) is 0 Å². The van der Waals surface area contributed by atoms with E-state index in [2.05, 4.69) is 0 Å². The lowest BCUT2D eigenvalue weighted by atomic mass is 10.2. The Bertz CT molecular complexity index is 945. The smallest absolute Gasteiger partial charge is 0.338 e. The molecule has 0 fully saturated rings. The van der Waals surface area contributed by atoms with Gasteiger partial charge in [0.1, 0.15) is 19.0 Å². The summed E-state index contributed by atoms with van der Waals surface area (Å²) in [4.78, 5) is 12.3. The van der Waals surface area contributed by atoms with Gasteiger partial charge in [-0.1, -0.05) is 59.6 Å². The first-order valence-electron chi connectivity index (χ1n) is 8.20. The van der Waals surface area contributed by atoms with Crippen molar-refractivity contribution in [2.75, 3.05) is 5.73 Å². The monoisotopic (exact) mass is 401 g/mol. The van der Waals surface area contributed by atoms with Crippen LogP contribution in [0.1, 0.15) is 21.5 Å². The van der Waals surface area contributed by atoms with Gasteiger partial charge in [-0.05, 0) is 41.5 Å². The number of rotatable bonds is 6. The Morgan fingerprint density at radius 3 is 2.37 bits per heavy atom. The van der Waals surface area contributed by atoms with Crippen LogP contribution in [-0.2, 0) is 18.0 Å². The van der Waals surface area contributed by atoms with Crippen molar-refractivity contribution in [1.82, 2.24) is 0 Å². The van der Waals surface area contributed by atoms with Crippen LogP contribution < -0.4 is 10.5 Å². The Kier molecular flexibility index (Phi) is 6.22. The van der Waals surface area contributed by atoms with E-state index in [4.69, 9.17) is 38.4 Å². The fourth-order valence-corrected chi connectivity index (χ4v) is 2.70. The van der Waals surface area contributed by atoms with Gasteiger partial charge in [-0.25, -0.2) is 4.79 Å². The van der Waals surface area contributed by atoms with E-state index in [0.717, 1.165) is 11.1 Å². The normalized spacial score (nSPS) is 10.4. The third-order valence-corrected chi connectivity index (χ3v) is 4.58. The minimum absolute atomic E-state index is 0.198. The summed E-state index contributed by atoms with van der Waals surface area (Å²) in [6.45, 7) is 0.438. The molecule has 0 unspecified atom stereocenters. The maximum Gasteiger partial charge on any atom is 0.338 e. The number of benzene rings is 3. The highest BCUT2D eigenvalue weighted by Crippen LogP contribution is 2.26. The fourth-order valence-electron chi connectivity index (χ4n) is 2.38. The summed E-state index contributed by atoms with van der Waals surface area (Å²) >= 11 is 11.9. The quantitative estimate of drug-likeness (QED) is 0.436. The zero-order valence-corrected chi connectivity index (χ0v) is 15.8. The molecule has 0 aliphatic heterocycles. The molecule has 3 aromatic carbocycles. The van der Waals surface area contributed by atoms with Crippen molar-refractivity contribution in [3.05, 3.63) is 93.5 Å². The highest BCUT2D eigenvalue weighted by molar-refractivity contribution is 6.42. The topological polar surface area (TPSA) is 61.6 Å². The molecule has 2 N–H and O–H groups in total. The van der Waals surface area contributed by atoms with Crippen molar-refractivity contribution in [2.45, 2.75) is 13.2 Å². The standard InChI is InChI=1S/C21H17Cl2NO3/c22-17-8-6-15(10-18(17)23)13-26-20-11-16(7-9-19(20)24)21(25)27-12-14-4-2-1-3-5-14/h1-11H,12-13,24H2. The number of ether oxygens (including phenoxy) is 2. The molecule has 0 bridgehead atoms. The van der Waals surface area contributed by atoms with E-state index in [0.29, 0.717) is 27.0 Å². The van der Waals surface area contributed by atoms with Crippen LogP contribution >= 0.6 is 23.2 Å². The summed E-state index contributed by atoms with van der Waals surface area (Å²) in [7, 11) is 0. The molecule has 4 nitrogen and oxygen atoms in total. The number of esters is 1. The molecular formula is C21H17Cl2NO3. The highest BCUT2D eigenvalue weighted by Gasteiger charge is 2.11. The zero-order valence-electron chi connectivity index (χ0n) is 14.3. The number of nitrogen functional groups attached to an aromatic ring is 1. The van der Waals surface area contributed by atoms with Gasteiger partial charge in [-0.3, -0.25) is 0 Å². The molecule has 3 rings (SSSR count). The average Bonchev–Trinajstić information content (AvgIpc) is 2.69. The van der Waals surface area contributed by atoms with Gasteiger partial charge in [0, 0.05) is 0 Å². The molecule has 0 saturated heterocycles. The highest BCUT2D eigenvalue weighted by atomic mass is 35.5. The Balaban J connectivity index is 1.66. The van der Waals surface area contributed by atoms with Gasteiger partial charge in [-0.2, -0.15) is 0 Å². The van der Waals surface area contributed by atoms with E-state index < -0.39 is 5.97 Å². The van der Waals surface area contributed by atoms with Crippen LogP contribution in [0.25, 0.3) is 0 Å². The second-order valence-electron chi connectivity index (χ2n) is 5.85. The van der Waals surface area contributed by atoms with Crippen molar-refractivity contribution in [3.8, 4) is 5.75 Å². The van der Waals surface area contributed by atoms with Crippen LogP contribution in [0.2, 0.25) is 10.0 Å². The Morgan fingerprint density at radius 1 is 0.852 bits per heavy atom. The number of hydrogen-bond donors (Lipinski definition) is 1. The summed E-state index contributed by atoms with van der Waals surface area (Å²) < 4.78 is 11.1. The van der Waals surface area contributed by atoms with Gasteiger partial charge < -0.3 is 15.2 Å². The number of halogens is 2. The summed E-state index contributed by atoms with van der Waals surface area (Å²) in [6, 6.07) is 19.5. The van der Waals surface area contributed by atoms with Gasteiger partial charge in [0.15, 0.2) is 0 Å². The first kappa shape index (κ1) is 19.1. The molecule has 3 aromatic rings. The lowest BCUT2D eigenvalue weighted by Gasteiger charge is -2.11. The maximum absolute atomic E-state index is 12.3. The van der Waals surface area contributed by atoms with Gasteiger partial charge in [-0.15, -0.1) is 0 Å². The van der Waals surface area contributed by atoms with Crippen LogP contribution in [0.4, 0.5) is 5.69 Å². The Labute approximate surface area is 167 Å². The molecule has 138 valence electrons. The minimum Gasteiger partial charge on any atom is -0.487 e. The van der Waals surface area contributed by atoms with E-state index in [-0.39, 0.29) is 13.2 Å². The van der Waals surface area contributed by atoms with Crippen LogP contribution in [0, 0.1) is 0 Å². The van der Waals surface area contributed by atoms with E-state index in [1.807, 2.05) is 36.4 Å². The van der Waals surface area contributed by atoms with E-state index in [1.54, 1.807) is 30.3 Å². The molecule has 0 saturated carbocycles. The third kappa shape index (κ3) is 5.16. The van der Waals surface area contributed by atoms with Gasteiger partial charge >= 0.3 is 5.97 Å². The summed E-state index contributed by atoms with van der Waals surface area (Å²) in [5.74, 6) is -0.0477. The van der Waals surface area contributed by atoms with E-state index >= 15 is 0 Å². The van der Waals surface area contributed by atoms with Crippen molar-refractivity contribution in [3.63, 3.8) is 0 Å². The minimum atomic E-state index is -0.446. The molecule has 6 heteroatoms. The van der Waals surface area contributed by atoms with E-state index in [9.17, 15) is 4.79 Å². The van der Waals surface area contributed by atoms with Crippen LogP contribution in [0.5, 0.6) is 5.75 Å². The maximum atomic E-state index is 12.3. The number of carbonyl (C=O) groups excluding carboxylic acids is 1. The van der Waals surface area contributed by atoms with Crippen molar-refractivity contribution < 1.29 is 14.3 Å². The number of nitrogens with two attached hydrogens (primary N) is 1. The number of anilines is 1. The largest absolute Gasteiger partial charge is 0.487 e. The van der Waals surface area contributed by atoms with Gasteiger partial charge in [0.05, 0.1) is 21.3 Å². The third-order valence-electron chi connectivity index (χ3n) is 3.84. The van der Waals surface area contributed by atoms with Crippen LogP contribution in [0.3, 0.4) is 0 Å². The molecule has 27 heavy (non-hydrogen) atoms. The van der Waals surface area contributed by atoms with Crippen molar-refractivity contribution in [2.24, 2.45) is 0 Å². The number of hydrogen-bond acceptors (Lipinski definition) is 4.